The zero-order chi connectivity index (χ0) is 16.8. The molecule has 0 aliphatic carbocycles. The number of rotatable bonds is 5. The van der Waals surface area contributed by atoms with Gasteiger partial charge in [-0.1, -0.05) is 28.1 Å². The number of carbonyl (C=O) groups is 2. The first-order valence-electron chi connectivity index (χ1n) is 7.01. The van der Waals surface area contributed by atoms with Crippen LogP contribution in [0.2, 0.25) is 0 Å². The number of para-hydroxylation sites is 1. The third-order valence-corrected chi connectivity index (χ3v) is 4.84. The van der Waals surface area contributed by atoms with Crippen LogP contribution >= 0.6 is 27.7 Å². The van der Waals surface area contributed by atoms with Crippen molar-refractivity contribution >= 4 is 45.2 Å². The predicted molar refractivity (Wildman–Crippen MR) is 98.1 cm³/mol. The second-order valence-corrected chi connectivity index (χ2v) is 6.80. The van der Waals surface area contributed by atoms with E-state index in [9.17, 15) is 9.59 Å². The number of carbonyl (C=O) groups excluding carboxylic acids is 2. The molecule has 6 heteroatoms. The smallest absolute Gasteiger partial charge is 0.253 e. The van der Waals surface area contributed by atoms with Crippen molar-refractivity contribution in [1.29, 1.82) is 0 Å². The fourth-order valence-corrected chi connectivity index (χ4v) is 3.31. The highest BCUT2D eigenvalue weighted by molar-refractivity contribution is 9.10. The van der Waals surface area contributed by atoms with E-state index in [2.05, 4.69) is 26.6 Å². The lowest BCUT2D eigenvalue weighted by Crippen LogP contribution is -2.22. The molecule has 0 aliphatic heterocycles. The van der Waals surface area contributed by atoms with Crippen molar-refractivity contribution in [2.45, 2.75) is 11.8 Å². The van der Waals surface area contributed by atoms with E-state index in [-0.39, 0.29) is 17.6 Å². The second kappa shape index (κ2) is 8.17. The normalized spacial score (nSPS) is 10.2. The molecule has 2 rings (SSSR count). The zero-order valence-corrected chi connectivity index (χ0v) is 15.3. The number of benzene rings is 2. The highest BCUT2D eigenvalue weighted by Crippen LogP contribution is 2.25. The van der Waals surface area contributed by atoms with Gasteiger partial charge in [0.2, 0.25) is 5.91 Å². The van der Waals surface area contributed by atoms with Crippen LogP contribution < -0.4 is 10.6 Å². The number of halogens is 1. The number of hydrogen-bond acceptors (Lipinski definition) is 3. The Hall–Kier alpha value is -1.79. The Morgan fingerprint density at radius 1 is 1.17 bits per heavy atom. The van der Waals surface area contributed by atoms with E-state index < -0.39 is 0 Å². The summed E-state index contributed by atoms with van der Waals surface area (Å²) in [4.78, 5) is 25.0. The van der Waals surface area contributed by atoms with Gasteiger partial charge in [0.25, 0.3) is 5.91 Å². The molecule has 0 bridgehead atoms. The van der Waals surface area contributed by atoms with Gasteiger partial charge in [-0.25, -0.2) is 0 Å². The van der Waals surface area contributed by atoms with E-state index in [1.54, 1.807) is 31.3 Å². The summed E-state index contributed by atoms with van der Waals surface area (Å²) in [6.07, 6.45) is 0. The van der Waals surface area contributed by atoms with Crippen molar-refractivity contribution < 1.29 is 9.59 Å². The van der Waals surface area contributed by atoms with Crippen molar-refractivity contribution in [2.24, 2.45) is 0 Å². The van der Waals surface area contributed by atoms with Crippen molar-refractivity contribution in [3.8, 4) is 0 Å². The molecule has 0 fully saturated rings. The lowest BCUT2D eigenvalue weighted by molar-refractivity contribution is -0.113. The van der Waals surface area contributed by atoms with E-state index >= 15 is 0 Å². The van der Waals surface area contributed by atoms with Gasteiger partial charge in [0.05, 0.1) is 17.0 Å². The molecular weight excluding hydrogens is 376 g/mol. The maximum absolute atomic E-state index is 12.2. The zero-order valence-electron chi connectivity index (χ0n) is 12.9. The molecule has 2 aromatic rings. The van der Waals surface area contributed by atoms with E-state index in [1.807, 2.05) is 25.1 Å². The molecule has 0 spiro atoms. The number of thioether (sulfide) groups is 1. The molecule has 23 heavy (non-hydrogen) atoms. The molecule has 0 aromatic heterocycles. The fourth-order valence-electron chi connectivity index (χ4n) is 2.03. The SMILES string of the molecule is CNC(=O)c1ccccc1NC(=O)CSc1ccc(Br)cc1C. The summed E-state index contributed by atoms with van der Waals surface area (Å²) in [5.41, 5.74) is 2.08. The Balaban J connectivity index is 2.01. The van der Waals surface area contributed by atoms with Crippen LogP contribution in [0.1, 0.15) is 15.9 Å². The standard InChI is InChI=1S/C17H17BrN2O2S/c1-11-9-12(18)7-8-15(11)23-10-16(21)20-14-6-4-3-5-13(14)17(22)19-2/h3-9H,10H2,1-2H3,(H,19,22)(H,20,21). The van der Waals surface area contributed by atoms with Crippen LogP contribution in [0.3, 0.4) is 0 Å². The Labute approximate surface area is 148 Å². The molecule has 0 unspecified atom stereocenters. The van der Waals surface area contributed by atoms with Gasteiger partial charge in [0.15, 0.2) is 0 Å². The number of amides is 2. The van der Waals surface area contributed by atoms with Crippen LogP contribution in [0.4, 0.5) is 5.69 Å². The first kappa shape index (κ1) is 17.6. The third-order valence-electron chi connectivity index (χ3n) is 3.17. The summed E-state index contributed by atoms with van der Waals surface area (Å²) in [5, 5.41) is 5.36. The minimum absolute atomic E-state index is 0.145. The lowest BCUT2D eigenvalue weighted by atomic mass is 10.1. The van der Waals surface area contributed by atoms with Crippen LogP contribution in [0.25, 0.3) is 0 Å². The number of anilines is 1. The maximum atomic E-state index is 12.2. The lowest BCUT2D eigenvalue weighted by Gasteiger charge is -2.10. The molecule has 0 saturated carbocycles. The van der Waals surface area contributed by atoms with E-state index in [0.717, 1.165) is 14.9 Å². The molecule has 0 heterocycles. The van der Waals surface area contributed by atoms with Crippen LogP contribution in [0.5, 0.6) is 0 Å². The van der Waals surface area contributed by atoms with Crippen molar-refractivity contribution in [2.75, 3.05) is 18.1 Å². The fraction of sp³-hybridized carbons (Fsp3) is 0.176. The molecule has 0 radical (unpaired) electrons. The number of aryl methyl sites for hydroxylation is 1. The molecule has 2 amide bonds. The van der Waals surface area contributed by atoms with E-state index in [0.29, 0.717) is 11.3 Å². The minimum atomic E-state index is -0.225. The summed E-state index contributed by atoms with van der Waals surface area (Å²) >= 11 is 4.89. The maximum Gasteiger partial charge on any atom is 0.253 e. The Bertz CT molecular complexity index is 734. The summed E-state index contributed by atoms with van der Waals surface area (Å²) in [6.45, 7) is 2.01. The predicted octanol–water partition coefficient (Wildman–Crippen LogP) is 3.85. The van der Waals surface area contributed by atoms with Gasteiger partial charge in [0, 0.05) is 16.4 Å². The molecular formula is C17H17BrN2O2S. The highest BCUT2D eigenvalue weighted by Gasteiger charge is 2.12. The van der Waals surface area contributed by atoms with Crippen LogP contribution in [0.15, 0.2) is 51.8 Å². The second-order valence-electron chi connectivity index (χ2n) is 4.87. The van der Waals surface area contributed by atoms with Gasteiger partial charge in [0.1, 0.15) is 0 Å². The average molecular weight is 393 g/mol. The summed E-state index contributed by atoms with van der Waals surface area (Å²) in [7, 11) is 1.56. The first-order valence-corrected chi connectivity index (χ1v) is 8.79. The number of nitrogens with one attached hydrogen (secondary N) is 2. The topological polar surface area (TPSA) is 58.2 Å². The Morgan fingerprint density at radius 2 is 1.91 bits per heavy atom. The van der Waals surface area contributed by atoms with Gasteiger partial charge in [-0.15, -0.1) is 11.8 Å². The first-order chi connectivity index (χ1) is 11.0. The minimum Gasteiger partial charge on any atom is -0.355 e. The van der Waals surface area contributed by atoms with Crippen LogP contribution in [-0.2, 0) is 4.79 Å². The Morgan fingerprint density at radius 3 is 2.61 bits per heavy atom. The van der Waals surface area contributed by atoms with Crippen LogP contribution in [0, 0.1) is 6.92 Å². The quantitative estimate of drug-likeness (QED) is 0.759. The molecule has 4 nitrogen and oxygen atoms in total. The molecule has 0 atom stereocenters. The van der Waals surface area contributed by atoms with Gasteiger partial charge in [-0.05, 0) is 42.8 Å². The van der Waals surface area contributed by atoms with Crippen molar-refractivity contribution in [3.05, 3.63) is 58.1 Å². The van der Waals surface area contributed by atoms with Crippen LogP contribution in [-0.4, -0.2) is 24.6 Å². The number of hydrogen-bond donors (Lipinski definition) is 2. The summed E-state index contributed by atoms with van der Waals surface area (Å²) in [5.74, 6) is -0.0872. The van der Waals surface area contributed by atoms with Gasteiger partial charge >= 0.3 is 0 Å². The van der Waals surface area contributed by atoms with E-state index in [1.165, 1.54) is 11.8 Å². The van der Waals surface area contributed by atoms with Gasteiger partial charge < -0.3 is 10.6 Å². The highest BCUT2D eigenvalue weighted by atomic mass is 79.9. The molecule has 0 aliphatic rings. The molecule has 2 aromatic carbocycles. The monoisotopic (exact) mass is 392 g/mol. The average Bonchev–Trinajstić information content (AvgIpc) is 2.54. The van der Waals surface area contributed by atoms with Crippen molar-refractivity contribution in [1.82, 2.24) is 5.32 Å². The summed E-state index contributed by atoms with van der Waals surface area (Å²) in [6, 6.07) is 12.9. The molecule has 120 valence electrons. The molecule has 2 N–H and O–H groups in total. The third kappa shape index (κ3) is 4.84. The molecule has 0 saturated heterocycles. The van der Waals surface area contributed by atoms with Gasteiger partial charge in [-0.2, -0.15) is 0 Å². The summed E-state index contributed by atoms with van der Waals surface area (Å²) < 4.78 is 1.02. The largest absolute Gasteiger partial charge is 0.355 e. The van der Waals surface area contributed by atoms with Crippen molar-refractivity contribution in [3.63, 3.8) is 0 Å². The Kier molecular flexibility index (Phi) is 6.24. The van der Waals surface area contributed by atoms with E-state index in [4.69, 9.17) is 0 Å². The van der Waals surface area contributed by atoms with Gasteiger partial charge in [-0.3, -0.25) is 9.59 Å².